The quantitative estimate of drug-likeness (QED) is 0.448. The molecule has 9 nitrogen and oxygen atoms in total. The van der Waals surface area contributed by atoms with Crippen molar-refractivity contribution in [3.05, 3.63) is 77.9 Å². The molecule has 11 heteroatoms. The van der Waals surface area contributed by atoms with Crippen molar-refractivity contribution in [3.63, 3.8) is 0 Å². The number of amides is 1. The number of nitrogens with zero attached hydrogens (tertiary/aromatic N) is 1. The van der Waals surface area contributed by atoms with Crippen LogP contribution in [0.3, 0.4) is 0 Å². The van der Waals surface area contributed by atoms with Gasteiger partial charge >= 0.3 is 0 Å². The van der Waals surface area contributed by atoms with E-state index in [1.807, 2.05) is 13.8 Å². The molecule has 0 unspecified atom stereocenters. The van der Waals surface area contributed by atoms with Crippen LogP contribution in [0.5, 0.6) is 5.75 Å². The van der Waals surface area contributed by atoms with Crippen LogP contribution in [0.15, 0.2) is 71.6 Å². The lowest BCUT2D eigenvalue weighted by Gasteiger charge is -2.22. The van der Waals surface area contributed by atoms with Crippen molar-refractivity contribution in [1.29, 1.82) is 0 Å². The molecule has 35 heavy (non-hydrogen) atoms. The lowest BCUT2D eigenvalue weighted by Crippen LogP contribution is -2.37. The smallest absolute Gasteiger partial charge is 0.262 e. The normalized spacial score (nSPS) is 11.5. The molecule has 0 aliphatic heterocycles. The topological polar surface area (TPSA) is 122 Å². The van der Waals surface area contributed by atoms with Crippen LogP contribution in [0.1, 0.15) is 11.1 Å². The van der Waals surface area contributed by atoms with Crippen LogP contribution in [0.25, 0.3) is 0 Å². The zero-order chi connectivity index (χ0) is 25.8. The molecule has 0 bridgehead atoms. The molecule has 0 fully saturated rings. The fourth-order valence-electron chi connectivity index (χ4n) is 3.26. The minimum atomic E-state index is -3.92. The number of carbonyl (C=O) groups is 1. The third-order valence-electron chi connectivity index (χ3n) is 5.06. The first-order valence-corrected chi connectivity index (χ1v) is 13.8. The van der Waals surface area contributed by atoms with Crippen LogP contribution in [-0.4, -0.2) is 42.7 Å². The molecule has 0 atom stereocenters. The SMILES string of the molecule is COc1ccc(C)cc1NS(=O)(=O)c1ccc(NC(=O)CN(c2ccc(C)cc2)S(C)(=O)=O)cc1. The van der Waals surface area contributed by atoms with E-state index in [1.54, 1.807) is 42.5 Å². The highest BCUT2D eigenvalue weighted by atomic mass is 32.2. The van der Waals surface area contributed by atoms with Gasteiger partial charge in [-0.25, -0.2) is 16.8 Å². The molecule has 0 radical (unpaired) electrons. The summed E-state index contributed by atoms with van der Waals surface area (Å²) in [6.07, 6.45) is 1.02. The van der Waals surface area contributed by atoms with Gasteiger partial charge in [-0.05, 0) is 67.9 Å². The van der Waals surface area contributed by atoms with Crippen molar-refractivity contribution in [2.75, 3.05) is 34.3 Å². The number of hydrogen-bond donors (Lipinski definition) is 2. The Morgan fingerprint density at radius 1 is 0.886 bits per heavy atom. The molecule has 3 rings (SSSR count). The van der Waals surface area contributed by atoms with Gasteiger partial charge in [0.25, 0.3) is 10.0 Å². The zero-order valence-electron chi connectivity index (χ0n) is 19.8. The van der Waals surface area contributed by atoms with E-state index in [-0.39, 0.29) is 4.90 Å². The summed E-state index contributed by atoms with van der Waals surface area (Å²) in [5.74, 6) is -0.193. The third-order valence-corrected chi connectivity index (χ3v) is 7.58. The number of ether oxygens (including phenoxy) is 1. The van der Waals surface area contributed by atoms with Crippen LogP contribution < -0.4 is 19.1 Å². The molecule has 0 saturated heterocycles. The molecule has 0 aromatic heterocycles. The average molecular weight is 518 g/mol. The van der Waals surface area contributed by atoms with Gasteiger partial charge in [-0.2, -0.15) is 0 Å². The Labute approximate surface area is 205 Å². The predicted molar refractivity (Wildman–Crippen MR) is 137 cm³/mol. The molecule has 0 heterocycles. The number of anilines is 3. The number of aryl methyl sites for hydroxylation is 2. The van der Waals surface area contributed by atoms with E-state index in [4.69, 9.17) is 4.74 Å². The maximum Gasteiger partial charge on any atom is 0.262 e. The summed E-state index contributed by atoms with van der Waals surface area (Å²) < 4.78 is 58.9. The third kappa shape index (κ3) is 6.74. The number of methoxy groups -OCH3 is 1. The van der Waals surface area contributed by atoms with Crippen molar-refractivity contribution in [3.8, 4) is 5.75 Å². The first-order valence-electron chi connectivity index (χ1n) is 10.5. The van der Waals surface area contributed by atoms with Crippen LogP contribution in [0.2, 0.25) is 0 Å². The molecular formula is C24H27N3O6S2. The van der Waals surface area contributed by atoms with Gasteiger partial charge in [0.05, 0.1) is 29.6 Å². The summed E-state index contributed by atoms with van der Waals surface area (Å²) in [4.78, 5) is 12.6. The molecule has 0 aliphatic rings. The second kappa shape index (κ2) is 10.4. The number of sulfonamides is 2. The Morgan fingerprint density at radius 2 is 1.49 bits per heavy atom. The summed E-state index contributed by atoms with van der Waals surface area (Å²) in [7, 11) is -6.18. The lowest BCUT2D eigenvalue weighted by molar-refractivity contribution is -0.114. The van der Waals surface area contributed by atoms with Gasteiger partial charge in [0.1, 0.15) is 12.3 Å². The van der Waals surface area contributed by atoms with Crippen molar-refractivity contribution in [2.45, 2.75) is 18.7 Å². The molecule has 2 N–H and O–H groups in total. The van der Waals surface area contributed by atoms with Crippen LogP contribution >= 0.6 is 0 Å². The predicted octanol–water partition coefficient (Wildman–Crippen LogP) is 3.52. The average Bonchev–Trinajstić information content (AvgIpc) is 2.78. The highest BCUT2D eigenvalue weighted by Gasteiger charge is 2.21. The fraction of sp³-hybridized carbons (Fsp3) is 0.208. The Hall–Kier alpha value is -3.57. The number of benzene rings is 3. The summed E-state index contributed by atoms with van der Waals surface area (Å²) in [6.45, 7) is 3.27. The number of hydrogen-bond acceptors (Lipinski definition) is 6. The first-order chi connectivity index (χ1) is 16.4. The molecule has 3 aromatic carbocycles. The second-order valence-corrected chi connectivity index (χ2v) is 11.6. The van der Waals surface area contributed by atoms with Gasteiger partial charge in [-0.1, -0.05) is 23.8 Å². The summed E-state index contributed by atoms with van der Waals surface area (Å²) in [6, 6.07) is 17.4. The van der Waals surface area contributed by atoms with E-state index in [1.165, 1.54) is 31.4 Å². The van der Waals surface area contributed by atoms with Gasteiger partial charge in [0, 0.05) is 5.69 Å². The van der Waals surface area contributed by atoms with Crippen molar-refractivity contribution in [1.82, 2.24) is 0 Å². The van der Waals surface area contributed by atoms with E-state index in [0.29, 0.717) is 22.8 Å². The monoisotopic (exact) mass is 517 g/mol. The number of nitrogens with one attached hydrogen (secondary N) is 2. The van der Waals surface area contributed by atoms with E-state index in [9.17, 15) is 21.6 Å². The van der Waals surface area contributed by atoms with Crippen LogP contribution in [0.4, 0.5) is 17.1 Å². The summed E-state index contributed by atoms with van der Waals surface area (Å²) >= 11 is 0. The first kappa shape index (κ1) is 26.0. The maximum atomic E-state index is 12.8. The fourth-order valence-corrected chi connectivity index (χ4v) is 5.18. The van der Waals surface area contributed by atoms with E-state index in [0.717, 1.165) is 21.7 Å². The van der Waals surface area contributed by atoms with E-state index < -0.39 is 32.5 Å². The maximum absolute atomic E-state index is 12.8. The standard InChI is InChI=1S/C24H27N3O6S2/c1-17-5-10-20(11-6-17)27(34(4,29)30)16-24(28)25-19-8-12-21(13-9-19)35(31,32)26-22-15-18(2)7-14-23(22)33-3/h5-15,26H,16H2,1-4H3,(H,25,28). The van der Waals surface area contributed by atoms with Crippen LogP contribution in [-0.2, 0) is 24.8 Å². The largest absolute Gasteiger partial charge is 0.495 e. The van der Waals surface area contributed by atoms with Gasteiger partial charge in [-0.15, -0.1) is 0 Å². The van der Waals surface area contributed by atoms with Gasteiger partial charge in [0.2, 0.25) is 15.9 Å². The highest BCUT2D eigenvalue weighted by molar-refractivity contribution is 7.92. The van der Waals surface area contributed by atoms with Gasteiger partial charge < -0.3 is 10.1 Å². The summed E-state index contributed by atoms with van der Waals surface area (Å²) in [5.41, 5.74) is 2.81. The molecular weight excluding hydrogens is 490 g/mol. The van der Waals surface area contributed by atoms with Crippen molar-refractivity contribution in [2.24, 2.45) is 0 Å². The van der Waals surface area contributed by atoms with Crippen molar-refractivity contribution < 1.29 is 26.4 Å². The second-order valence-electron chi connectivity index (χ2n) is 7.99. The molecule has 0 spiro atoms. The zero-order valence-corrected chi connectivity index (χ0v) is 21.4. The molecule has 0 saturated carbocycles. The number of rotatable bonds is 9. The van der Waals surface area contributed by atoms with E-state index >= 15 is 0 Å². The Kier molecular flexibility index (Phi) is 7.71. The molecule has 186 valence electrons. The van der Waals surface area contributed by atoms with Crippen LogP contribution in [0, 0.1) is 13.8 Å². The molecule has 1 amide bonds. The summed E-state index contributed by atoms with van der Waals surface area (Å²) in [5, 5.41) is 2.60. The van der Waals surface area contributed by atoms with Gasteiger partial charge in [-0.3, -0.25) is 13.8 Å². The lowest BCUT2D eigenvalue weighted by atomic mass is 10.2. The number of carbonyl (C=O) groups excluding carboxylic acids is 1. The highest BCUT2D eigenvalue weighted by Crippen LogP contribution is 2.28. The molecule has 3 aromatic rings. The van der Waals surface area contributed by atoms with E-state index in [2.05, 4.69) is 10.0 Å². The Balaban J connectivity index is 1.73. The van der Waals surface area contributed by atoms with Gasteiger partial charge in [0.15, 0.2) is 0 Å². The Bertz CT molecular complexity index is 1420. The minimum absolute atomic E-state index is 0.0172. The molecule has 0 aliphatic carbocycles. The Morgan fingerprint density at radius 3 is 2.06 bits per heavy atom. The van der Waals surface area contributed by atoms with Crippen molar-refractivity contribution >= 4 is 43.0 Å². The minimum Gasteiger partial charge on any atom is -0.495 e.